The zero-order valence-corrected chi connectivity index (χ0v) is 12.3. The van der Waals surface area contributed by atoms with Gasteiger partial charge in [-0.1, -0.05) is 23.9 Å². The fourth-order valence-electron chi connectivity index (χ4n) is 2.29. The molecule has 1 aliphatic rings. The van der Waals surface area contributed by atoms with Gasteiger partial charge in [-0.25, -0.2) is 4.98 Å². The highest BCUT2D eigenvalue weighted by atomic mass is 32.2. The summed E-state index contributed by atoms with van der Waals surface area (Å²) in [5.74, 6) is -0.138. The number of ether oxygens (including phenoxy) is 1. The number of aryl methyl sites for hydroxylation is 1. The highest BCUT2D eigenvalue weighted by Crippen LogP contribution is 2.32. The molecule has 1 aliphatic heterocycles. The molecule has 0 N–H and O–H groups in total. The molecule has 0 bridgehead atoms. The van der Waals surface area contributed by atoms with Crippen LogP contribution in [0, 0.1) is 6.92 Å². The molecule has 104 valence electrons. The molecule has 1 fully saturated rings. The standard InChI is InChI=1S/C15H16N2O2S/c1-10-4-3-5-12(8-10)17-7-6-16-15(17)20-13-9-11(2)19-14(13)18/h3-8,11,13H,9H2,1-2H3/t11-,13+/m0/s1. The molecular weight excluding hydrogens is 272 g/mol. The molecular formula is C15H16N2O2S. The van der Waals surface area contributed by atoms with E-state index in [1.54, 1.807) is 6.20 Å². The van der Waals surface area contributed by atoms with Crippen molar-refractivity contribution in [3.05, 3.63) is 42.2 Å². The van der Waals surface area contributed by atoms with Gasteiger partial charge < -0.3 is 4.74 Å². The lowest BCUT2D eigenvalue weighted by Crippen LogP contribution is -2.10. The van der Waals surface area contributed by atoms with E-state index in [4.69, 9.17) is 4.74 Å². The van der Waals surface area contributed by atoms with Crippen LogP contribution < -0.4 is 0 Å². The monoisotopic (exact) mass is 288 g/mol. The van der Waals surface area contributed by atoms with Crippen molar-refractivity contribution in [1.29, 1.82) is 0 Å². The number of benzene rings is 1. The minimum absolute atomic E-state index is 0.00221. The Balaban J connectivity index is 1.86. The Morgan fingerprint density at radius 3 is 3.00 bits per heavy atom. The summed E-state index contributed by atoms with van der Waals surface area (Å²) in [7, 11) is 0. The minimum Gasteiger partial charge on any atom is -0.462 e. The molecule has 2 heterocycles. The lowest BCUT2D eigenvalue weighted by molar-refractivity contribution is -0.140. The van der Waals surface area contributed by atoms with Gasteiger partial charge in [0.25, 0.3) is 0 Å². The summed E-state index contributed by atoms with van der Waals surface area (Å²) in [5.41, 5.74) is 2.26. The Morgan fingerprint density at radius 1 is 1.45 bits per heavy atom. The van der Waals surface area contributed by atoms with E-state index in [1.165, 1.54) is 17.3 Å². The van der Waals surface area contributed by atoms with Crippen molar-refractivity contribution < 1.29 is 9.53 Å². The summed E-state index contributed by atoms with van der Waals surface area (Å²) in [5, 5.41) is 0.669. The largest absolute Gasteiger partial charge is 0.462 e. The Hall–Kier alpha value is -1.75. The Morgan fingerprint density at radius 2 is 2.30 bits per heavy atom. The number of carbonyl (C=O) groups excluding carboxylic acids is 1. The first-order chi connectivity index (χ1) is 9.63. The highest BCUT2D eigenvalue weighted by Gasteiger charge is 2.33. The van der Waals surface area contributed by atoms with Gasteiger partial charge in [0.15, 0.2) is 5.16 Å². The van der Waals surface area contributed by atoms with Crippen LogP contribution in [-0.4, -0.2) is 26.9 Å². The predicted molar refractivity (Wildman–Crippen MR) is 78.1 cm³/mol. The second-order valence-electron chi connectivity index (χ2n) is 5.01. The number of aromatic nitrogens is 2. The lowest BCUT2D eigenvalue weighted by atomic mass is 10.2. The molecule has 3 rings (SSSR count). The molecule has 0 radical (unpaired) electrons. The molecule has 0 amide bonds. The lowest BCUT2D eigenvalue weighted by Gasteiger charge is -2.09. The van der Waals surface area contributed by atoms with Crippen molar-refractivity contribution in [2.75, 3.05) is 0 Å². The number of imidazole rings is 1. The fourth-order valence-corrected chi connectivity index (χ4v) is 3.47. The van der Waals surface area contributed by atoms with Crippen LogP contribution in [0.4, 0.5) is 0 Å². The van der Waals surface area contributed by atoms with Crippen LogP contribution in [0.3, 0.4) is 0 Å². The quantitative estimate of drug-likeness (QED) is 0.814. The number of hydrogen-bond donors (Lipinski definition) is 0. The van der Waals surface area contributed by atoms with Crippen molar-refractivity contribution in [3.63, 3.8) is 0 Å². The van der Waals surface area contributed by atoms with E-state index in [0.29, 0.717) is 0 Å². The van der Waals surface area contributed by atoms with Crippen molar-refractivity contribution in [3.8, 4) is 5.69 Å². The number of carbonyl (C=O) groups is 1. The van der Waals surface area contributed by atoms with Gasteiger partial charge in [-0.05, 0) is 31.5 Å². The Labute approximate surface area is 122 Å². The topological polar surface area (TPSA) is 44.1 Å². The summed E-state index contributed by atoms with van der Waals surface area (Å²) < 4.78 is 7.20. The maximum Gasteiger partial charge on any atom is 0.319 e. The summed E-state index contributed by atoms with van der Waals surface area (Å²) >= 11 is 1.47. The van der Waals surface area contributed by atoms with Crippen LogP contribution in [0.5, 0.6) is 0 Å². The SMILES string of the molecule is Cc1cccc(-n2ccnc2S[C@@H]2C[C@H](C)OC2=O)c1. The molecule has 0 saturated carbocycles. The summed E-state index contributed by atoms with van der Waals surface area (Å²) in [6.07, 6.45) is 4.42. The molecule has 2 atom stereocenters. The van der Waals surface area contributed by atoms with E-state index >= 15 is 0 Å². The van der Waals surface area contributed by atoms with E-state index in [2.05, 4.69) is 24.0 Å². The summed E-state index contributed by atoms with van der Waals surface area (Å²) in [6.45, 7) is 3.98. The highest BCUT2D eigenvalue weighted by molar-refractivity contribution is 8.00. The zero-order chi connectivity index (χ0) is 14.1. The van der Waals surface area contributed by atoms with Gasteiger partial charge in [0.2, 0.25) is 0 Å². The molecule has 0 unspecified atom stereocenters. The van der Waals surface area contributed by atoms with Gasteiger partial charge in [-0.3, -0.25) is 9.36 Å². The molecule has 1 saturated heterocycles. The molecule has 2 aromatic rings. The first kappa shape index (κ1) is 13.2. The molecule has 20 heavy (non-hydrogen) atoms. The second kappa shape index (κ2) is 5.32. The fraction of sp³-hybridized carbons (Fsp3) is 0.333. The minimum atomic E-state index is -0.157. The van der Waals surface area contributed by atoms with E-state index in [-0.39, 0.29) is 17.3 Å². The van der Waals surface area contributed by atoms with Gasteiger partial charge in [-0.2, -0.15) is 0 Å². The van der Waals surface area contributed by atoms with Crippen LogP contribution in [0.1, 0.15) is 18.9 Å². The van der Waals surface area contributed by atoms with Crippen molar-refractivity contribution in [2.24, 2.45) is 0 Å². The number of cyclic esters (lactones) is 1. The first-order valence-electron chi connectivity index (χ1n) is 6.61. The van der Waals surface area contributed by atoms with Crippen molar-refractivity contribution in [1.82, 2.24) is 9.55 Å². The maximum atomic E-state index is 11.7. The average molecular weight is 288 g/mol. The van der Waals surface area contributed by atoms with Gasteiger partial charge in [0, 0.05) is 24.5 Å². The third kappa shape index (κ3) is 2.58. The molecule has 0 aliphatic carbocycles. The van der Waals surface area contributed by atoms with Crippen molar-refractivity contribution >= 4 is 17.7 Å². The van der Waals surface area contributed by atoms with Gasteiger partial charge >= 0.3 is 5.97 Å². The molecule has 1 aromatic carbocycles. The maximum absolute atomic E-state index is 11.7. The Bertz CT molecular complexity index is 638. The summed E-state index contributed by atoms with van der Waals surface area (Å²) in [6, 6.07) is 8.21. The second-order valence-corrected chi connectivity index (χ2v) is 6.18. The van der Waals surface area contributed by atoms with E-state index in [0.717, 1.165) is 17.3 Å². The number of nitrogens with zero attached hydrogens (tertiary/aromatic N) is 2. The molecule has 5 heteroatoms. The Kier molecular flexibility index (Phi) is 3.53. The molecule has 0 spiro atoms. The zero-order valence-electron chi connectivity index (χ0n) is 11.4. The number of thioether (sulfide) groups is 1. The normalized spacial score (nSPS) is 22.0. The summed E-state index contributed by atoms with van der Waals surface area (Å²) in [4.78, 5) is 16.1. The average Bonchev–Trinajstić information content (AvgIpc) is 2.97. The number of hydrogen-bond acceptors (Lipinski definition) is 4. The molecule has 4 nitrogen and oxygen atoms in total. The van der Waals surface area contributed by atoms with Crippen LogP contribution in [0.15, 0.2) is 41.8 Å². The molecule has 1 aromatic heterocycles. The first-order valence-corrected chi connectivity index (χ1v) is 7.49. The van der Waals surface area contributed by atoms with Crippen molar-refractivity contribution in [2.45, 2.75) is 36.8 Å². The van der Waals surface area contributed by atoms with Gasteiger partial charge in [0.1, 0.15) is 11.4 Å². The van der Waals surface area contributed by atoms with E-state index in [1.807, 2.05) is 29.8 Å². The van der Waals surface area contributed by atoms with Gasteiger partial charge in [-0.15, -0.1) is 0 Å². The number of esters is 1. The van der Waals surface area contributed by atoms with Crippen LogP contribution in [-0.2, 0) is 9.53 Å². The predicted octanol–water partition coefficient (Wildman–Crippen LogP) is 2.98. The van der Waals surface area contributed by atoms with Crippen LogP contribution >= 0.6 is 11.8 Å². The van der Waals surface area contributed by atoms with Crippen LogP contribution in [0.25, 0.3) is 5.69 Å². The van der Waals surface area contributed by atoms with E-state index < -0.39 is 0 Å². The third-order valence-electron chi connectivity index (χ3n) is 3.26. The van der Waals surface area contributed by atoms with E-state index in [9.17, 15) is 4.79 Å². The van der Waals surface area contributed by atoms with Crippen LogP contribution in [0.2, 0.25) is 0 Å². The smallest absolute Gasteiger partial charge is 0.319 e. The third-order valence-corrected chi connectivity index (χ3v) is 4.44. The van der Waals surface area contributed by atoms with Gasteiger partial charge in [0.05, 0.1) is 0 Å². The number of rotatable bonds is 3.